The molecule has 104 valence electrons. The van der Waals surface area contributed by atoms with E-state index in [-0.39, 0.29) is 6.10 Å². The van der Waals surface area contributed by atoms with Gasteiger partial charge in [-0.1, -0.05) is 35.9 Å². The summed E-state index contributed by atoms with van der Waals surface area (Å²) >= 11 is 0. The minimum Gasteiger partial charge on any atom is -0.374 e. The van der Waals surface area contributed by atoms with E-state index in [0.717, 1.165) is 5.56 Å². The summed E-state index contributed by atoms with van der Waals surface area (Å²) in [6.45, 7) is 0.532. The summed E-state index contributed by atoms with van der Waals surface area (Å²) in [5, 5.41) is 0. The first-order valence-corrected chi connectivity index (χ1v) is 6.46. The lowest BCUT2D eigenvalue weighted by atomic mass is 9.92. The van der Waals surface area contributed by atoms with Crippen LogP contribution < -0.4 is 0 Å². The fourth-order valence-electron chi connectivity index (χ4n) is 2.29. The first-order valence-electron chi connectivity index (χ1n) is 6.46. The Morgan fingerprint density at radius 2 is 1.74 bits per heavy atom. The van der Waals surface area contributed by atoms with Crippen molar-refractivity contribution in [2.24, 2.45) is 0 Å². The molecule has 0 radical (unpaired) electrons. The van der Waals surface area contributed by atoms with Gasteiger partial charge in [0.25, 0.3) is 0 Å². The van der Waals surface area contributed by atoms with Gasteiger partial charge >= 0.3 is 6.18 Å². The monoisotopic (exact) mass is 270 g/mol. The van der Waals surface area contributed by atoms with Gasteiger partial charge in [0.15, 0.2) is 0 Å². The van der Waals surface area contributed by atoms with Gasteiger partial charge in [-0.25, -0.2) is 0 Å². The SMILES string of the molecule is FC(F)(F)C=C1CCC(OCc2ccccc2)CC1. The molecule has 4 heteroatoms. The minimum absolute atomic E-state index is 0.0746. The summed E-state index contributed by atoms with van der Waals surface area (Å²) in [5.41, 5.74) is 1.59. The Labute approximate surface area is 111 Å². The highest BCUT2D eigenvalue weighted by Crippen LogP contribution is 2.30. The average Bonchev–Trinajstić information content (AvgIpc) is 2.37. The summed E-state index contributed by atoms with van der Waals surface area (Å²) in [4.78, 5) is 0. The Morgan fingerprint density at radius 3 is 2.32 bits per heavy atom. The average molecular weight is 270 g/mol. The molecule has 1 aromatic carbocycles. The number of ether oxygens (including phenoxy) is 1. The molecule has 0 heterocycles. The first-order chi connectivity index (χ1) is 9.03. The van der Waals surface area contributed by atoms with E-state index >= 15 is 0 Å². The third kappa shape index (κ3) is 5.07. The predicted octanol–water partition coefficient (Wildman–Crippen LogP) is 4.63. The molecular formula is C15H17F3O. The standard InChI is InChI=1S/C15H17F3O/c16-15(17,18)10-12-6-8-14(9-7-12)19-11-13-4-2-1-3-5-13/h1-5,10,14H,6-9,11H2. The maximum Gasteiger partial charge on any atom is 0.409 e. The predicted molar refractivity (Wildman–Crippen MR) is 67.6 cm³/mol. The van der Waals surface area contributed by atoms with Crippen molar-refractivity contribution in [3.05, 3.63) is 47.5 Å². The molecule has 2 rings (SSSR count). The molecule has 0 aromatic heterocycles. The van der Waals surface area contributed by atoms with Crippen molar-refractivity contribution in [2.75, 3.05) is 0 Å². The highest BCUT2D eigenvalue weighted by Gasteiger charge is 2.26. The number of hydrogen-bond donors (Lipinski definition) is 0. The Kier molecular flexibility index (Phi) is 4.64. The molecule has 0 aliphatic heterocycles. The van der Waals surface area contributed by atoms with E-state index in [1.165, 1.54) is 0 Å². The Morgan fingerprint density at radius 1 is 1.11 bits per heavy atom. The first kappa shape index (κ1) is 14.1. The molecule has 0 spiro atoms. The van der Waals surface area contributed by atoms with E-state index in [1.807, 2.05) is 30.3 Å². The number of benzene rings is 1. The largest absolute Gasteiger partial charge is 0.409 e. The normalized spacial score (nSPS) is 20.4. The molecule has 1 aliphatic rings. The van der Waals surface area contributed by atoms with Crippen LogP contribution in [0.5, 0.6) is 0 Å². The molecule has 1 aromatic rings. The number of hydrogen-bond acceptors (Lipinski definition) is 1. The van der Waals surface area contributed by atoms with Gasteiger partial charge in [0.1, 0.15) is 0 Å². The Bertz CT molecular complexity index is 413. The van der Waals surface area contributed by atoms with Crippen LogP contribution in [0, 0.1) is 0 Å². The summed E-state index contributed by atoms with van der Waals surface area (Å²) in [6, 6.07) is 9.81. The van der Waals surface area contributed by atoms with Crippen molar-refractivity contribution in [1.82, 2.24) is 0 Å². The van der Waals surface area contributed by atoms with Crippen molar-refractivity contribution in [2.45, 2.75) is 44.6 Å². The van der Waals surface area contributed by atoms with Crippen molar-refractivity contribution in [3.63, 3.8) is 0 Å². The van der Waals surface area contributed by atoms with Crippen LogP contribution in [0.3, 0.4) is 0 Å². The van der Waals surface area contributed by atoms with Crippen molar-refractivity contribution in [1.29, 1.82) is 0 Å². The lowest BCUT2D eigenvalue weighted by Gasteiger charge is -2.24. The van der Waals surface area contributed by atoms with Gasteiger partial charge in [-0.05, 0) is 31.2 Å². The van der Waals surface area contributed by atoms with Crippen molar-refractivity contribution < 1.29 is 17.9 Å². The van der Waals surface area contributed by atoms with Gasteiger partial charge in [-0.15, -0.1) is 0 Å². The molecule has 1 nitrogen and oxygen atoms in total. The second-order valence-corrected chi connectivity index (χ2v) is 4.84. The van der Waals surface area contributed by atoms with Crippen LogP contribution in [-0.2, 0) is 11.3 Å². The van der Waals surface area contributed by atoms with E-state index in [9.17, 15) is 13.2 Å². The molecule has 1 aliphatic carbocycles. The Balaban J connectivity index is 1.77. The maximum atomic E-state index is 12.2. The van der Waals surface area contributed by atoms with Crippen LogP contribution in [0.2, 0.25) is 0 Å². The van der Waals surface area contributed by atoms with E-state index in [0.29, 0.717) is 43.9 Å². The van der Waals surface area contributed by atoms with E-state index < -0.39 is 6.18 Å². The maximum absolute atomic E-state index is 12.2. The lowest BCUT2D eigenvalue weighted by molar-refractivity contribution is -0.0812. The fourth-order valence-corrected chi connectivity index (χ4v) is 2.29. The van der Waals surface area contributed by atoms with Gasteiger partial charge < -0.3 is 4.74 Å². The van der Waals surface area contributed by atoms with Crippen molar-refractivity contribution >= 4 is 0 Å². The third-order valence-corrected chi connectivity index (χ3v) is 3.27. The number of alkyl halides is 3. The second-order valence-electron chi connectivity index (χ2n) is 4.84. The fraction of sp³-hybridized carbons (Fsp3) is 0.467. The zero-order valence-electron chi connectivity index (χ0n) is 10.6. The molecule has 0 unspecified atom stereocenters. The summed E-state index contributed by atoms with van der Waals surface area (Å²) in [5.74, 6) is 0. The van der Waals surface area contributed by atoms with Gasteiger partial charge in [-0.2, -0.15) is 13.2 Å². The second kappa shape index (κ2) is 6.24. The molecule has 0 N–H and O–H groups in total. The van der Waals surface area contributed by atoms with Crippen LogP contribution in [-0.4, -0.2) is 12.3 Å². The molecule has 0 saturated heterocycles. The molecular weight excluding hydrogens is 253 g/mol. The number of halogens is 3. The summed E-state index contributed by atoms with van der Waals surface area (Å²) < 4.78 is 42.3. The van der Waals surface area contributed by atoms with E-state index in [2.05, 4.69) is 0 Å². The molecule has 0 atom stereocenters. The van der Waals surface area contributed by atoms with Gasteiger partial charge in [0, 0.05) is 6.08 Å². The highest BCUT2D eigenvalue weighted by molar-refractivity contribution is 5.13. The molecule has 0 amide bonds. The van der Waals surface area contributed by atoms with Gasteiger partial charge in [0.2, 0.25) is 0 Å². The Hall–Kier alpha value is -1.29. The zero-order chi connectivity index (χ0) is 13.7. The van der Waals surface area contributed by atoms with Gasteiger partial charge in [0.05, 0.1) is 12.7 Å². The van der Waals surface area contributed by atoms with Gasteiger partial charge in [-0.3, -0.25) is 0 Å². The van der Waals surface area contributed by atoms with E-state index in [1.54, 1.807) is 0 Å². The van der Waals surface area contributed by atoms with E-state index in [4.69, 9.17) is 4.74 Å². The highest BCUT2D eigenvalue weighted by atomic mass is 19.4. The van der Waals surface area contributed by atoms with Crippen LogP contribution in [0.15, 0.2) is 42.0 Å². The third-order valence-electron chi connectivity index (χ3n) is 3.27. The smallest absolute Gasteiger partial charge is 0.374 e. The molecule has 1 saturated carbocycles. The van der Waals surface area contributed by atoms with Crippen molar-refractivity contribution in [3.8, 4) is 0 Å². The molecule has 19 heavy (non-hydrogen) atoms. The molecule has 0 bridgehead atoms. The van der Waals surface area contributed by atoms with Crippen LogP contribution in [0.1, 0.15) is 31.2 Å². The molecule has 1 fully saturated rings. The lowest BCUT2D eigenvalue weighted by Crippen LogP contribution is -2.18. The quantitative estimate of drug-likeness (QED) is 0.727. The van der Waals surface area contributed by atoms with Crippen LogP contribution in [0.4, 0.5) is 13.2 Å². The minimum atomic E-state index is -4.19. The zero-order valence-corrected chi connectivity index (χ0v) is 10.6. The summed E-state index contributed by atoms with van der Waals surface area (Å²) in [6.07, 6.45) is -1.35. The summed E-state index contributed by atoms with van der Waals surface area (Å²) in [7, 11) is 0. The number of allylic oxidation sites excluding steroid dienone is 2. The topological polar surface area (TPSA) is 9.23 Å². The van der Waals surface area contributed by atoms with Crippen LogP contribution in [0.25, 0.3) is 0 Å². The number of rotatable bonds is 3. The van der Waals surface area contributed by atoms with Crippen LogP contribution >= 0.6 is 0 Å².